The number of aryl methyl sites for hydroxylation is 2. The summed E-state index contributed by atoms with van der Waals surface area (Å²) in [4.78, 5) is 47.1. The van der Waals surface area contributed by atoms with Crippen LogP contribution in [0.1, 0.15) is 85.0 Å². The van der Waals surface area contributed by atoms with Gasteiger partial charge in [0.1, 0.15) is 11.4 Å². The number of carbonyl (C=O) groups excluding carboxylic acids is 3. The number of imidazole rings is 1. The molecular weight excluding hydrogens is 575 g/mol. The largest absolute Gasteiger partial charge is 0.464 e. The van der Waals surface area contributed by atoms with Crippen molar-refractivity contribution >= 4 is 23.5 Å². The molecular formula is C35H39FN4O5. The third-order valence-electron chi connectivity index (χ3n) is 8.66. The van der Waals surface area contributed by atoms with Crippen molar-refractivity contribution in [3.63, 3.8) is 0 Å². The summed E-state index contributed by atoms with van der Waals surface area (Å²) < 4.78 is 28.6. The SMILES string of the molecule is CCOC(=O)C(c1ncn2c1CCC2)N1Cc2c(F)cc(-c3ccc(C4=CCN(C(=O)OC(C)(C)C)CC4)cc3C)cc2C1=O. The second kappa shape index (κ2) is 11.8. The average molecular weight is 615 g/mol. The third kappa shape index (κ3) is 5.85. The molecule has 0 saturated heterocycles. The van der Waals surface area contributed by atoms with Gasteiger partial charge in [-0.3, -0.25) is 4.79 Å². The molecule has 2 aromatic carbocycles. The highest BCUT2D eigenvalue weighted by atomic mass is 19.1. The summed E-state index contributed by atoms with van der Waals surface area (Å²) in [5, 5.41) is 0. The first kappa shape index (κ1) is 30.6. The maximum Gasteiger partial charge on any atom is 0.410 e. The fourth-order valence-corrected chi connectivity index (χ4v) is 6.50. The molecule has 1 atom stereocenters. The molecule has 9 nitrogen and oxygen atoms in total. The zero-order valence-electron chi connectivity index (χ0n) is 26.5. The van der Waals surface area contributed by atoms with E-state index in [1.807, 2.05) is 50.5 Å². The monoisotopic (exact) mass is 614 g/mol. The van der Waals surface area contributed by atoms with Gasteiger partial charge in [0.2, 0.25) is 0 Å². The van der Waals surface area contributed by atoms with Crippen molar-refractivity contribution in [1.82, 2.24) is 19.4 Å². The van der Waals surface area contributed by atoms with E-state index in [1.165, 1.54) is 11.0 Å². The summed E-state index contributed by atoms with van der Waals surface area (Å²) in [7, 11) is 0. The van der Waals surface area contributed by atoms with E-state index in [-0.39, 0.29) is 30.4 Å². The van der Waals surface area contributed by atoms with Gasteiger partial charge in [-0.05, 0) is 93.8 Å². The van der Waals surface area contributed by atoms with Crippen molar-refractivity contribution in [3.8, 4) is 11.1 Å². The number of hydrogen-bond donors (Lipinski definition) is 0. The molecule has 1 aromatic heterocycles. The molecule has 45 heavy (non-hydrogen) atoms. The van der Waals surface area contributed by atoms with Crippen molar-refractivity contribution in [1.29, 1.82) is 0 Å². The Morgan fingerprint density at radius 3 is 2.56 bits per heavy atom. The van der Waals surface area contributed by atoms with Crippen LogP contribution in [0.2, 0.25) is 0 Å². The van der Waals surface area contributed by atoms with Gasteiger partial charge in [0.25, 0.3) is 5.91 Å². The number of hydrogen-bond acceptors (Lipinski definition) is 6. The standard InChI is InChI=1S/C35H39FN4O5/c1-6-44-33(42)31(30-29-8-7-13-39(29)20-37-30)40-19-27-26(32(40)41)17-24(18-28(27)36)25-10-9-23(16-21(25)2)22-11-14-38(15-12-22)34(43)45-35(3,4)5/h9-11,16-18,20,31H,6-8,12-15,19H2,1-5H3. The van der Waals surface area contributed by atoms with Gasteiger partial charge in [-0.15, -0.1) is 0 Å². The molecule has 3 aliphatic rings. The topological polar surface area (TPSA) is 94.0 Å². The van der Waals surface area contributed by atoms with Crippen molar-refractivity contribution in [2.45, 2.75) is 78.6 Å². The Kier molecular flexibility index (Phi) is 8.01. The van der Waals surface area contributed by atoms with Crippen LogP contribution in [0, 0.1) is 12.7 Å². The van der Waals surface area contributed by atoms with E-state index in [0.717, 1.165) is 47.3 Å². The molecule has 10 heteroatoms. The first-order valence-electron chi connectivity index (χ1n) is 15.6. The van der Waals surface area contributed by atoms with E-state index >= 15 is 4.39 Å². The van der Waals surface area contributed by atoms with Crippen LogP contribution in [-0.4, -0.2) is 62.6 Å². The smallest absolute Gasteiger partial charge is 0.410 e. The normalized spacial score (nSPS) is 16.8. The Bertz CT molecular complexity index is 1720. The molecule has 1 unspecified atom stereocenters. The third-order valence-corrected chi connectivity index (χ3v) is 8.66. The van der Waals surface area contributed by atoms with E-state index in [9.17, 15) is 14.4 Å². The number of ether oxygens (including phenoxy) is 2. The van der Waals surface area contributed by atoms with Gasteiger partial charge in [0.15, 0.2) is 6.04 Å². The molecule has 236 valence electrons. The number of halogens is 1. The average Bonchev–Trinajstić information content (AvgIpc) is 3.69. The van der Waals surface area contributed by atoms with Crippen molar-refractivity contribution < 1.29 is 28.2 Å². The molecule has 0 N–H and O–H groups in total. The van der Waals surface area contributed by atoms with Crippen LogP contribution >= 0.6 is 0 Å². The zero-order chi connectivity index (χ0) is 32.0. The minimum absolute atomic E-state index is 0.0392. The van der Waals surface area contributed by atoms with E-state index in [4.69, 9.17) is 9.47 Å². The molecule has 0 radical (unpaired) electrons. The fraction of sp³-hybridized carbons (Fsp3) is 0.429. The lowest BCUT2D eigenvalue weighted by atomic mass is 9.92. The quantitative estimate of drug-likeness (QED) is 0.306. The zero-order valence-corrected chi connectivity index (χ0v) is 26.5. The molecule has 0 aliphatic carbocycles. The minimum Gasteiger partial charge on any atom is -0.464 e. The van der Waals surface area contributed by atoms with E-state index < -0.39 is 29.3 Å². The first-order chi connectivity index (χ1) is 21.4. The summed E-state index contributed by atoms with van der Waals surface area (Å²) in [6, 6.07) is 8.13. The van der Waals surface area contributed by atoms with Crippen molar-refractivity contribution in [3.05, 3.63) is 82.2 Å². The molecule has 0 saturated carbocycles. The highest BCUT2D eigenvalue weighted by Crippen LogP contribution is 2.38. The lowest BCUT2D eigenvalue weighted by molar-refractivity contribution is -0.149. The predicted octanol–water partition coefficient (Wildman–Crippen LogP) is 6.23. The Balaban J connectivity index is 1.25. The van der Waals surface area contributed by atoms with E-state index in [1.54, 1.807) is 24.2 Å². The Morgan fingerprint density at radius 1 is 1.07 bits per heavy atom. The summed E-state index contributed by atoms with van der Waals surface area (Å²) >= 11 is 0. The lowest BCUT2D eigenvalue weighted by Crippen LogP contribution is -2.39. The molecule has 0 fully saturated rings. The second-order valence-corrected chi connectivity index (χ2v) is 12.9. The van der Waals surface area contributed by atoms with Crippen LogP contribution in [0.4, 0.5) is 9.18 Å². The van der Waals surface area contributed by atoms with Gasteiger partial charge >= 0.3 is 12.1 Å². The highest BCUT2D eigenvalue weighted by Gasteiger charge is 2.42. The van der Waals surface area contributed by atoms with Gasteiger partial charge in [-0.2, -0.15) is 0 Å². The van der Waals surface area contributed by atoms with Gasteiger partial charge < -0.3 is 23.8 Å². The first-order valence-corrected chi connectivity index (χ1v) is 15.6. The molecule has 2 amide bonds. The lowest BCUT2D eigenvalue weighted by Gasteiger charge is -2.29. The molecule has 4 heterocycles. The number of nitrogens with zero attached hydrogens (tertiary/aromatic N) is 4. The van der Waals surface area contributed by atoms with Crippen molar-refractivity contribution in [2.75, 3.05) is 19.7 Å². The van der Waals surface area contributed by atoms with Gasteiger partial charge in [0, 0.05) is 36.5 Å². The molecule has 3 aliphatic heterocycles. The van der Waals surface area contributed by atoms with Crippen LogP contribution in [0.3, 0.4) is 0 Å². The Morgan fingerprint density at radius 2 is 1.87 bits per heavy atom. The maximum atomic E-state index is 15.7. The number of carbonyl (C=O) groups is 3. The highest BCUT2D eigenvalue weighted by molar-refractivity contribution is 6.02. The van der Waals surface area contributed by atoms with Gasteiger partial charge in [0.05, 0.1) is 25.2 Å². The molecule has 3 aromatic rings. The number of benzene rings is 2. The summed E-state index contributed by atoms with van der Waals surface area (Å²) in [5.41, 5.74) is 5.90. The Labute approximate surface area is 262 Å². The van der Waals surface area contributed by atoms with Crippen LogP contribution in [0.25, 0.3) is 16.7 Å². The number of aromatic nitrogens is 2. The van der Waals surface area contributed by atoms with E-state index in [2.05, 4.69) is 11.1 Å². The maximum absolute atomic E-state index is 15.7. The van der Waals surface area contributed by atoms with Gasteiger partial charge in [-0.25, -0.2) is 19.0 Å². The summed E-state index contributed by atoms with van der Waals surface area (Å²) in [6.45, 7) is 11.2. The van der Waals surface area contributed by atoms with Crippen molar-refractivity contribution in [2.24, 2.45) is 0 Å². The van der Waals surface area contributed by atoms with Crippen LogP contribution in [0.5, 0.6) is 0 Å². The summed E-state index contributed by atoms with van der Waals surface area (Å²) in [6.07, 6.45) is 5.80. The number of amides is 2. The summed E-state index contributed by atoms with van der Waals surface area (Å²) in [5.74, 6) is -1.47. The van der Waals surface area contributed by atoms with E-state index in [0.29, 0.717) is 30.8 Å². The molecule has 6 rings (SSSR count). The number of esters is 1. The molecule has 0 spiro atoms. The van der Waals surface area contributed by atoms with Crippen LogP contribution < -0.4 is 0 Å². The number of fused-ring (bicyclic) bond motifs is 2. The van der Waals surface area contributed by atoms with Crippen LogP contribution in [0.15, 0.2) is 42.7 Å². The van der Waals surface area contributed by atoms with Crippen LogP contribution in [-0.2, 0) is 33.8 Å². The fourth-order valence-electron chi connectivity index (χ4n) is 6.50. The van der Waals surface area contributed by atoms with Gasteiger partial charge in [-0.1, -0.05) is 24.3 Å². The molecule has 0 bridgehead atoms. The minimum atomic E-state index is -1.04. The number of rotatable bonds is 6. The second-order valence-electron chi connectivity index (χ2n) is 12.9. The predicted molar refractivity (Wildman–Crippen MR) is 167 cm³/mol. The Hall–Kier alpha value is -4.47.